The van der Waals surface area contributed by atoms with Gasteiger partial charge in [-0.15, -0.1) is 0 Å². The molecule has 0 bridgehead atoms. The SMILES string of the molecule is CCCn1cncc1C(O)c1c(OC)cccc1OC. The van der Waals surface area contributed by atoms with E-state index < -0.39 is 6.10 Å². The lowest BCUT2D eigenvalue weighted by molar-refractivity contribution is 0.199. The highest BCUT2D eigenvalue weighted by atomic mass is 16.5. The van der Waals surface area contributed by atoms with Gasteiger partial charge in [-0.25, -0.2) is 4.98 Å². The summed E-state index contributed by atoms with van der Waals surface area (Å²) in [6, 6.07) is 5.44. The van der Waals surface area contributed by atoms with E-state index in [9.17, 15) is 5.11 Å². The second kappa shape index (κ2) is 6.43. The zero-order chi connectivity index (χ0) is 14.5. The molecule has 0 saturated carbocycles. The summed E-state index contributed by atoms with van der Waals surface area (Å²) in [5.74, 6) is 1.20. The number of methoxy groups -OCH3 is 2. The standard InChI is InChI=1S/C15H20N2O3/c1-4-8-17-10-16-9-11(17)15(18)14-12(19-2)6-5-7-13(14)20-3/h5-7,9-10,15,18H,4,8H2,1-3H3. The van der Waals surface area contributed by atoms with E-state index in [1.165, 1.54) is 0 Å². The summed E-state index contributed by atoms with van der Waals surface area (Å²) in [7, 11) is 3.16. The summed E-state index contributed by atoms with van der Waals surface area (Å²) in [4.78, 5) is 4.12. The van der Waals surface area contributed by atoms with Crippen LogP contribution in [0.2, 0.25) is 0 Å². The number of rotatable bonds is 6. The van der Waals surface area contributed by atoms with Crippen molar-refractivity contribution in [3.8, 4) is 11.5 Å². The Morgan fingerprint density at radius 2 is 1.90 bits per heavy atom. The summed E-state index contributed by atoms with van der Waals surface area (Å²) < 4.78 is 12.6. The van der Waals surface area contributed by atoms with E-state index >= 15 is 0 Å². The number of hydrogen-bond donors (Lipinski definition) is 1. The minimum atomic E-state index is -0.838. The van der Waals surface area contributed by atoms with Crippen LogP contribution in [-0.4, -0.2) is 28.9 Å². The maximum atomic E-state index is 10.7. The highest BCUT2D eigenvalue weighted by Crippen LogP contribution is 2.37. The predicted molar refractivity (Wildman–Crippen MR) is 76.1 cm³/mol. The summed E-state index contributed by atoms with van der Waals surface area (Å²) in [6.45, 7) is 2.89. The lowest BCUT2D eigenvalue weighted by Gasteiger charge is -2.19. The van der Waals surface area contributed by atoms with Crippen LogP contribution in [0, 0.1) is 0 Å². The fraction of sp³-hybridized carbons (Fsp3) is 0.400. The van der Waals surface area contributed by atoms with E-state index in [0.29, 0.717) is 17.1 Å². The Balaban J connectivity index is 2.46. The van der Waals surface area contributed by atoms with Crippen LogP contribution in [0.15, 0.2) is 30.7 Å². The molecule has 0 aliphatic carbocycles. The maximum absolute atomic E-state index is 10.7. The van der Waals surface area contributed by atoms with Crippen LogP contribution in [0.25, 0.3) is 0 Å². The second-order valence-electron chi connectivity index (χ2n) is 4.49. The van der Waals surface area contributed by atoms with Crippen LogP contribution < -0.4 is 9.47 Å². The third kappa shape index (κ3) is 2.63. The molecular weight excluding hydrogens is 256 g/mol. The molecule has 0 aliphatic rings. The van der Waals surface area contributed by atoms with E-state index in [-0.39, 0.29) is 0 Å². The smallest absolute Gasteiger partial charge is 0.128 e. The van der Waals surface area contributed by atoms with Gasteiger partial charge in [-0.05, 0) is 18.6 Å². The third-order valence-electron chi connectivity index (χ3n) is 3.23. The molecular formula is C15H20N2O3. The van der Waals surface area contributed by atoms with Crippen LogP contribution in [0.5, 0.6) is 11.5 Å². The number of aromatic nitrogens is 2. The van der Waals surface area contributed by atoms with E-state index in [0.717, 1.165) is 18.7 Å². The van der Waals surface area contributed by atoms with Gasteiger partial charge in [-0.2, -0.15) is 0 Å². The van der Waals surface area contributed by atoms with Crippen molar-refractivity contribution in [2.45, 2.75) is 26.0 Å². The van der Waals surface area contributed by atoms with Crippen LogP contribution >= 0.6 is 0 Å². The molecule has 0 amide bonds. The van der Waals surface area contributed by atoms with Crippen molar-refractivity contribution in [1.29, 1.82) is 0 Å². The van der Waals surface area contributed by atoms with Gasteiger partial charge in [0.05, 0.1) is 38.0 Å². The Morgan fingerprint density at radius 1 is 1.25 bits per heavy atom. The van der Waals surface area contributed by atoms with E-state index in [1.54, 1.807) is 26.7 Å². The lowest BCUT2D eigenvalue weighted by atomic mass is 10.0. The summed E-state index contributed by atoms with van der Waals surface area (Å²) >= 11 is 0. The molecule has 5 heteroatoms. The fourth-order valence-corrected chi connectivity index (χ4v) is 2.28. The Morgan fingerprint density at radius 3 is 2.45 bits per heavy atom. The lowest BCUT2D eigenvalue weighted by Crippen LogP contribution is -2.10. The number of ether oxygens (including phenoxy) is 2. The van der Waals surface area contributed by atoms with Gasteiger partial charge in [0.15, 0.2) is 0 Å². The highest BCUT2D eigenvalue weighted by molar-refractivity contribution is 5.48. The molecule has 1 unspecified atom stereocenters. The van der Waals surface area contributed by atoms with Crippen LogP contribution in [0.4, 0.5) is 0 Å². The molecule has 0 aliphatic heterocycles. The largest absolute Gasteiger partial charge is 0.496 e. The van der Waals surface area contributed by atoms with Gasteiger partial charge >= 0.3 is 0 Å². The van der Waals surface area contributed by atoms with Gasteiger partial charge in [0, 0.05) is 6.54 Å². The predicted octanol–water partition coefficient (Wildman–Crippen LogP) is 2.39. The monoisotopic (exact) mass is 276 g/mol. The van der Waals surface area contributed by atoms with Gasteiger partial charge in [0.1, 0.15) is 17.6 Å². The molecule has 5 nitrogen and oxygen atoms in total. The molecule has 0 spiro atoms. The quantitative estimate of drug-likeness (QED) is 0.880. The normalized spacial score (nSPS) is 12.2. The Bertz CT molecular complexity index is 544. The van der Waals surface area contributed by atoms with Gasteiger partial charge in [-0.3, -0.25) is 0 Å². The van der Waals surface area contributed by atoms with Crippen molar-refractivity contribution in [2.24, 2.45) is 0 Å². The van der Waals surface area contributed by atoms with Crippen molar-refractivity contribution in [2.75, 3.05) is 14.2 Å². The number of imidazole rings is 1. The molecule has 2 rings (SSSR count). The first-order valence-electron chi connectivity index (χ1n) is 6.61. The molecule has 1 atom stereocenters. The Labute approximate surface area is 118 Å². The summed E-state index contributed by atoms with van der Waals surface area (Å²) in [6.07, 6.45) is 3.53. The van der Waals surface area contributed by atoms with Crippen molar-refractivity contribution in [3.05, 3.63) is 42.0 Å². The minimum Gasteiger partial charge on any atom is -0.496 e. The molecule has 1 heterocycles. The minimum absolute atomic E-state index is 0.598. The van der Waals surface area contributed by atoms with Crippen LogP contribution in [0.3, 0.4) is 0 Å². The number of benzene rings is 1. The molecule has 20 heavy (non-hydrogen) atoms. The molecule has 1 aromatic carbocycles. The summed E-state index contributed by atoms with van der Waals surface area (Å²) in [5.41, 5.74) is 1.35. The average Bonchev–Trinajstić information content (AvgIpc) is 2.94. The van der Waals surface area contributed by atoms with Crippen molar-refractivity contribution < 1.29 is 14.6 Å². The Kier molecular flexibility index (Phi) is 4.63. The van der Waals surface area contributed by atoms with Gasteiger partial charge in [0.2, 0.25) is 0 Å². The fourth-order valence-electron chi connectivity index (χ4n) is 2.28. The van der Waals surface area contributed by atoms with Crippen molar-refractivity contribution >= 4 is 0 Å². The number of aryl methyl sites for hydroxylation is 1. The van der Waals surface area contributed by atoms with Gasteiger partial charge in [0.25, 0.3) is 0 Å². The molecule has 0 saturated heterocycles. The first-order chi connectivity index (χ1) is 9.72. The van der Waals surface area contributed by atoms with Crippen LogP contribution in [-0.2, 0) is 6.54 Å². The molecule has 0 radical (unpaired) electrons. The zero-order valence-corrected chi connectivity index (χ0v) is 12.0. The topological polar surface area (TPSA) is 56.5 Å². The maximum Gasteiger partial charge on any atom is 0.128 e. The van der Waals surface area contributed by atoms with E-state index in [2.05, 4.69) is 11.9 Å². The van der Waals surface area contributed by atoms with Gasteiger partial charge < -0.3 is 19.1 Å². The number of aliphatic hydroxyl groups is 1. The van der Waals surface area contributed by atoms with E-state index in [1.807, 2.05) is 22.8 Å². The van der Waals surface area contributed by atoms with Crippen molar-refractivity contribution in [1.82, 2.24) is 9.55 Å². The average molecular weight is 276 g/mol. The first-order valence-corrected chi connectivity index (χ1v) is 6.61. The third-order valence-corrected chi connectivity index (χ3v) is 3.23. The van der Waals surface area contributed by atoms with Gasteiger partial charge in [-0.1, -0.05) is 13.0 Å². The second-order valence-corrected chi connectivity index (χ2v) is 4.49. The summed E-state index contributed by atoms with van der Waals surface area (Å²) in [5, 5.41) is 10.7. The number of hydrogen-bond acceptors (Lipinski definition) is 4. The molecule has 108 valence electrons. The molecule has 0 fully saturated rings. The molecule has 1 aromatic heterocycles. The highest BCUT2D eigenvalue weighted by Gasteiger charge is 2.23. The van der Waals surface area contributed by atoms with E-state index in [4.69, 9.17) is 9.47 Å². The Hall–Kier alpha value is -2.01. The van der Waals surface area contributed by atoms with Crippen LogP contribution in [0.1, 0.15) is 30.7 Å². The molecule has 1 N–H and O–H groups in total. The number of nitrogens with zero attached hydrogens (tertiary/aromatic N) is 2. The number of aliphatic hydroxyl groups excluding tert-OH is 1. The first kappa shape index (κ1) is 14.4. The molecule has 2 aromatic rings. The van der Waals surface area contributed by atoms with Crippen molar-refractivity contribution in [3.63, 3.8) is 0 Å². The zero-order valence-electron chi connectivity index (χ0n) is 12.0.